The van der Waals surface area contributed by atoms with Crippen molar-refractivity contribution in [3.8, 4) is 56.0 Å². The Morgan fingerprint density at radius 3 is 1.38 bits per heavy atom. The summed E-state index contributed by atoms with van der Waals surface area (Å²) in [5.74, 6) is 1.84. The summed E-state index contributed by atoms with van der Waals surface area (Å²) in [6, 6.07) is 85.1. The summed E-state index contributed by atoms with van der Waals surface area (Å²) in [5.41, 5.74) is 19.1. The van der Waals surface area contributed by atoms with Crippen molar-refractivity contribution in [1.29, 1.82) is 0 Å². The summed E-state index contributed by atoms with van der Waals surface area (Å²) in [4.78, 5) is 0. The highest BCUT2D eigenvalue weighted by atomic mass is 16.5. The molecule has 2 aliphatic carbocycles. The van der Waals surface area contributed by atoms with Crippen LogP contribution in [0.3, 0.4) is 0 Å². The Kier molecular flexibility index (Phi) is 7.21. The third-order valence-corrected chi connectivity index (χ3v) is 13.8. The number of ether oxygens (including phenoxy) is 1. The van der Waals surface area contributed by atoms with Crippen LogP contribution in [0.2, 0.25) is 0 Å². The molecule has 1 heteroatoms. The zero-order valence-electron chi connectivity index (χ0n) is 33.3. The van der Waals surface area contributed by atoms with Crippen molar-refractivity contribution in [2.75, 3.05) is 0 Å². The molecular weight excluding hydrogens is 737 g/mol. The normalized spacial score (nSPS) is 14.3. The lowest BCUT2D eigenvalue weighted by atomic mass is 9.65. The van der Waals surface area contributed by atoms with Gasteiger partial charge in [-0.15, -0.1) is 0 Å². The lowest BCUT2D eigenvalue weighted by molar-refractivity contribution is 0.442. The molecular formula is C60H38O. The zero-order chi connectivity index (χ0) is 40.1. The van der Waals surface area contributed by atoms with Gasteiger partial charge in [-0.3, -0.25) is 0 Å². The fraction of sp³-hybridized carbons (Fsp3) is 0.0333. The summed E-state index contributed by atoms with van der Waals surface area (Å²) in [7, 11) is 0. The standard InChI is InChI=1S/C60H38O/c1-3-18-41(19-4-1)59(42-20-5-2-6-21-42)52-30-14-11-26-48(52)57-43(27-17-32-54(57)59)39-34-36-40(37-35-39)49-38-55-58(47-25-8-7-22-44(47)49)61-56-33-16-15-31-53(56)60(55)50-28-12-9-23-45(50)46-24-10-13-29-51(46)60/h1-38H. The van der Waals surface area contributed by atoms with Gasteiger partial charge in [0.2, 0.25) is 0 Å². The molecule has 0 N–H and O–H groups in total. The van der Waals surface area contributed by atoms with Crippen molar-refractivity contribution < 1.29 is 4.74 Å². The van der Waals surface area contributed by atoms with Gasteiger partial charge in [0.05, 0.1) is 10.8 Å². The van der Waals surface area contributed by atoms with E-state index in [1.54, 1.807) is 0 Å². The van der Waals surface area contributed by atoms with E-state index in [-0.39, 0.29) is 0 Å². The molecule has 0 unspecified atom stereocenters. The van der Waals surface area contributed by atoms with Gasteiger partial charge in [-0.05, 0) is 95.4 Å². The highest BCUT2D eigenvalue weighted by Crippen LogP contribution is 2.64. The molecule has 0 saturated carbocycles. The zero-order valence-corrected chi connectivity index (χ0v) is 33.3. The summed E-state index contributed by atoms with van der Waals surface area (Å²) in [6.07, 6.45) is 0. The highest BCUT2D eigenvalue weighted by molar-refractivity contribution is 6.04. The largest absolute Gasteiger partial charge is 0.456 e. The molecule has 0 amide bonds. The first-order valence-corrected chi connectivity index (χ1v) is 21.3. The van der Waals surface area contributed by atoms with E-state index in [0.29, 0.717) is 0 Å². The van der Waals surface area contributed by atoms with Crippen LogP contribution in [0.4, 0.5) is 0 Å². The number of rotatable bonds is 4. The summed E-state index contributed by atoms with van der Waals surface area (Å²) >= 11 is 0. The van der Waals surface area contributed by atoms with Gasteiger partial charge in [-0.25, -0.2) is 0 Å². The molecule has 13 rings (SSSR count). The quantitative estimate of drug-likeness (QED) is 0.173. The van der Waals surface area contributed by atoms with E-state index in [1.165, 1.54) is 94.4 Å². The lowest BCUT2D eigenvalue weighted by Crippen LogP contribution is -2.32. The second-order valence-electron chi connectivity index (χ2n) is 16.6. The first-order valence-electron chi connectivity index (χ1n) is 21.3. The van der Waals surface area contributed by atoms with Crippen LogP contribution in [-0.4, -0.2) is 0 Å². The molecule has 10 aromatic rings. The average molecular weight is 775 g/mol. The SMILES string of the molecule is c1ccc(C2(c3ccccc3)c3ccccc3-c3c(-c4ccc(-c5cc6c(c7ccccc57)Oc5ccccc5C65c6ccccc6-c6ccccc65)cc4)cccc32)cc1. The van der Waals surface area contributed by atoms with Gasteiger partial charge in [0, 0.05) is 16.5 Å². The van der Waals surface area contributed by atoms with Crippen LogP contribution in [0.15, 0.2) is 231 Å². The predicted octanol–water partition coefficient (Wildman–Crippen LogP) is 15.0. The number of benzene rings is 10. The van der Waals surface area contributed by atoms with Crippen molar-refractivity contribution in [2.45, 2.75) is 10.8 Å². The molecule has 1 heterocycles. The van der Waals surface area contributed by atoms with Gasteiger partial charge in [-0.1, -0.05) is 218 Å². The second kappa shape index (κ2) is 12.9. The molecule has 0 aromatic heterocycles. The van der Waals surface area contributed by atoms with Crippen LogP contribution in [0.25, 0.3) is 55.3 Å². The average Bonchev–Trinajstić information content (AvgIpc) is 3.81. The topological polar surface area (TPSA) is 9.23 Å². The Labute approximate surface area is 355 Å². The van der Waals surface area contributed by atoms with Gasteiger partial charge in [-0.2, -0.15) is 0 Å². The van der Waals surface area contributed by atoms with Gasteiger partial charge >= 0.3 is 0 Å². The minimum Gasteiger partial charge on any atom is -0.456 e. The third-order valence-electron chi connectivity index (χ3n) is 13.8. The van der Waals surface area contributed by atoms with Crippen molar-refractivity contribution in [1.82, 2.24) is 0 Å². The van der Waals surface area contributed by atoms with Crippen molar-refractivity contribution in [3.63, 3.8) is 0 Å². The van der Waals surface area contributed by atoms with E-state index < -0.39 is 10.8 Å². The maximum Gasteiger partial charge on any atom is 0.140 e. The smallest absolute Gasteiger partial charge is 0.140 e. The molecule has 3 aliphatic rings. The maximum atomic E-state index is 7.03. The molecule has 0 bridgehead atoms. The van der Waals surface area contributed by atoms with Crippen molar-refractivity contribution in [2.24, 2.45) is 0 Å². The van der Waals surface area contributed by atoms with Crippen LogP contribution < -0.4 is 4.74 Å². The Morgan fingerprint density at radius 1 is 0.279 bits per heavy atom. The third kappa shape index (κ3) is 4.50. The van der Waals surface area contributed by atoms with Crippen molar-refractivity contribution >= 4 is 10.8 Å². The predicted molar refractivity (Wildman–Crippen MR) is 250 cm³/mol. The fourth-order valence-corrected chi connectivity index (χ4v) is 11.5. The Hall–Kier alpha value is -7.74. The molecule has 0 saturated heterocycles. The molecule has 0 radical (unpaired) electrons. The number of fused-ring (bicyclic) bond motifs is 14. The summed E-state index contributed by atoms with van der Waals surface area (Å²) in [6.45, 7) is 0. The lowest BCUT2D eigenvalue weighted by Gasteiger charge is -2.40. The maximum absolute atomic E-state index is 7.03. The Morgan fingerprint density at radius 2 is 0.738 bits per heavy atom. The van der Waals surface area contributed by atoms with Gasteiger partial charge < -0.3 is 4.74 Å². The van der Waals surface area contributed by atoms with Crippen molar-refractivity contribution in [3.05, 3.63) is 275 Å². The molecule has 1 aliphatic heterocycles. The molecule has 61 heavy (non-hydrogen) atoms. The van der Waals surface area contributed by atoms with Crippen LogP contribution in [0.5, 0.6) is 11.5 Å². The van der Waals surface area contributed by atoms with Crippen LogP contribution in [-0.2, 0) is 10.8 Å². The monoisotopic (exact) mass is 774 g/mol. The Bertz CT molecular complexity index is 3290. The highest BCUT2D eigenvalue weighted by Gasteiger charge is 2.52. The van der Waals surface area contributed by atoms with Crippen LogP contribution >= 0.6 is 0 Å². The van der Waals surface area contributed by atoms with Gasteiger partial charge in [0.1, 0.15) is 11.5 Å². The molecule has 1 spiro atoms. The minimum atomic E-state index is -0.544. The van der Waals surface area contributed by atoms with Crippen LogP contribution in [0, 0.1) is 0 Å². The Balaban J connectivity index is 1.02. The molecule has 284 valence electrons. The van der Waals surface area contributed by atoms with Gasteiger partial charge in [0.15, 0.2) is 0 Å². The number of hydrogen-bond donors (Lipinski definition) is 0. The molecule has 1 nitrogen and oxygen atoms in total. The van der Waals surface area contributed by atoms with Crippen LogP contribution in [0.1, 0.15) is 44.5 Å². The first-order chi connectivity index (χ1) is 30.3. The minimum absolute atomic E-state index is 0.444. The molecule has 0 atom stereocenters. The summed E-state index contributed by atoms with van der Waals surface area (Å²) in [5, 5.41) is 2.29. The summed E-state index contributed by atoms with van der Waals surface area (Å²) < 4.78 is 7.03. The molecule has 0 fully saturated rings. The number of para-hydroxylation sites is 1. The van der Waals surface area contributed by atoms with E-state index in [1.807, 2.05) is 0 Å². The first kappa shape index (κ1) is 34.2. The van der Waals surface area contributed by atoms with E-state index in [4.69, 9.17) is 4.74 Å². The number of hydrogen-bond acceptors (Lipinski definition) is 1. The molecule has 10 aromatic carbocycles. The van der Waals surface area contributed by atoms with E-state index in [2.05, 4.69) is 231 Å². The van der Waals surface area contributed by atoms with E-state index in [9.17, 15) is 0 Å². The van der Waals surface area contributed by atoms with E-state index in [0.717, 1.165) is 16.9 Å². The second-order valence-corrected chi connectivity index (χ2v) is 16.6. The van der Waals surface area contributed by atoms with E-state index >= 15 is 0 Å². The van der Waals surface area contributed by atoms with Gasteiger partial charge in [0.25, 0.3) is 0 Å². The fourth-order valence-electron chi connectivity index (χ4n) is 11.5.